The molecule has 2 rings (SSSR count). The SMILES string of the molecule is O=S(=O)(NCCC1CCCO1)c1cc(Cl)cc(CO)c1F. The fourth-order valence-electron chi connectivity index (χ4n) is 2.23. The molecule has 21 heavy (non-hydrogen) atoms. The zero-order valence-corrected chi connectivity index (χ0v) is 12.9. The average Bonchev–Trinajstić information content (AvgIpc) is 2.93. The highest BCUT2D eigenvalue weighted by atomic mass is 35.5. The lowest BCUT2D eigenvalue weighted by Gasteiger charge is -2.12. The summed E-state index contributed by atoms with van der Waals surface area (Å²) in [5.74, 6) is -0.980. The minimum absolute atomic E-state index is 0.0462. The van der Waals surface area contributed by atoms with Gasteiger partial charge in [0, 0.05) is 23.7 Å². The van der Waals surface area contributed by atoms with E-state index in [1.165, 1.54) is 6.07 Å². The van der Waals surface area contributed by atoms with Crippen LogP contribution in [0.4, 0.5) is 4.39 Å². The van der Waals surface area contributed by atoms with Gasteiger partial charge in [0.2, 0.25) is 10.0 Å². The first kappa shape index (κ1) is 16.6. The van der Waals surface area contributed by atoms with Gasteiger partial charge in [0.15, 0.2) is 0 Å². The quantitative estimate of drug-likeness (QED) is 0.830. The van der Waals surface area contributed by atoms with Gasteiger partial charge in [-0.3, -0.25) is 0 Å². The van der Waals surface area contributed by atoms with E-state index >= 15 is 0 Å². The molecule has 1 aromatic carbocycles. The molecule has 1 aromatic rings. The van der Waals surface area contributed by atoms with Crippen molar-refractivity contribution in [1.82, 2.24) is 4.72 Å². The van der Waals surface area contributed by atoms with Gasteiger partial charge < -0.3 is 9.84 Å². The van der Waals surface area contributed by atoms with E-state index in [9.17, 15) is 12.8 Å². The Bertz CT molecular complexity index is 602. The third kappa shape index (κ3) is 4.14. The van der Waals surface area contributed by atoms with E-state index in [4.69, 9.17) is 21.4 Å². The first-order chi connectivity index (χ1) is 9.94. The summed E-state index contributed by atoms with van der Waals surface area (Å²) in [5, 5.41) is 9.08. The van der Waals surface area contributed by atoms with Crippen LogP contribution in [-0.4, -0.2) is 32.8 Å². The Morgan fingerprint density at radius 2 is 2.24 bits per heavy atom. The zero-order valence-electron chi connectivity index (χ0n) is 11.3. The van der Waals surface area contributed by atoms with Crippen LogP contribution in [0.15, 0.2) is 17.0 Å². The lowest BCUT2D eigenvalue weighted by molar-refractivity contribution is 0.105. The van der Waals surface area contributed by atoms with Crippen LogP contribution in [0, 0.1) is 5.82 Å². The molecular weight excluding hydrogens is 321 g/mol. The van der Waals surface area contributed by atoms with E-state index in [1.54, 1.807) is 0 Å². The van der Waals surface area contributed by atoms with Gasteiger partial charge in [-0.15, -0.1) is 0 Å². The lowest BCUT2D eigenvalue weighted by Crippen LogP contribution is -2.28. The number of aliphatic hydroxyl groups excluding tert-OH is 1. The summed E-state index contributed by atoms with van der Waals surface area (Å²) in [6.45, 7) is 0.235. The first-order valence-corrected chi connectivity index (χ1v) is 8.50. The molecule has 1 unspecified atom stereocenters. The van der Waals surface area contributed by atoms with Crippen molar-refractivity contribution in [2.75, 3.05) is 13.2 Å². The molecule has 1 saturated heterocycles. The van der Waals surface area contributed by atoms with Crippen molar-refractivity contribution in [1.29, 1.82) is 0 Å². The molecule has 1 heterocycles. The van der Waals surface area contributed by atoms with Gasteiger partial charge in [-0.2, -0.15) is 0 Å². The largest absolute Gasteiger partial charge is 0.392 e. The number of benzene rings is 1. The van der Waals surface area contributed by atoms with E-state index in [0.717, 1.165) is 18.9 Å². The minimum Gasteiger partial charge on any atom is -0.392 e. The molecule has 0 amide bonds. The topological polar surface area (TPSA) is 75.6 Å². The van der Waals surface area contributed by atoms with Crippen LogP contribution in [0.25, 0.3) is 0 Å². The van der Waals surface area contributed by atoms with Crippen LogP contribution < -0.4 is 4.72 Å². The van der Waals surface area contributed by atoms with Gasteiger partial charge in [0.05, 0.1) is 12.7 Å². The van der Waals surface area contributed by atoms with Crippen molar-refractivity contribution in [2.45, 2.75) is 36.9 Å². The molecule has 1 aliphatic rings. The standard InChI is InChI=1S/C13H17ClFNO4S/c14-10-6-9(8-17)13(15)12(7-10)21(18,19)16-4-3-11-2-1-5-20-11/h6-7,11,16-17H,1-5,8H2. The summed E-state index contributed by atoms with van der Waals surface area (Å²) < 4.78 is 46.0. The average molecular weight is 338 g/mol. The van der Waals surface area contributed by atoms with Crippen LogP contribution in [0.5, 0.6) is 0 Å². The number of rotatable bonds is 6. The van der Waals surface area contributed by atoms with E-state index < -0.39 is 27.3 Å². The van der Waals surface area contributed by atoms with E-state index in [0.29, 0.717) is 13.0 Å². The molecule has 1 atom stereocenters. The second-order valence-corrected chi connectivity index (χ2v) is 7.03. The number of hydrogen-bond acceptors (Lipinski definition) is 4. The van der Waals surface area contributed by atoms with E-state index in [-0.39, 0.29) is 23.2 Å². The molecule has 0 spiro atoms. The summed E-state index contributed by atoms with van der Waals surface area (Å²) in [4.78, 5) is -0.550. The van der Waals surface area contributed by atoms with Gasteiger partial charge in [-0.25, -0.2) is 17.5 Å². The molecule has 8 heteroatoms. The number of hydrogen-bond donors (Lipinski definition) is 2. The van der Waals surface area contributed by atoms with Gasteiger partial charge in [0.25, 0.3) is 0 Å². The zero-order chi connectivity index (χ0) is 15.5. The fraction of sp³-hybridized carbons (Fsp3) is 0.538. The summed E-state index contributed by atoms with van der Waals surface area (Å²) in [6, 6.07) is 2.23. The Hall–Kier alpha value is -0.730. The molecule has 1 aliphatic heterocycles. The van der Waals surface area contributed by atoms with Crippen LogP contribution in [0.1, 0.15) is 24.8 Å². The van der Waals surface area contributed by atoms with Gasteiger partial charge in [-0.1, -0.05) is 11.6 Å². The summed E-state index contributed by atoms with van der Waals surface area (Å²) in [5.41, 5.74) is -0.151. The smallest absolute Gasteiger partial charge is 0.243 e. The van der Waals surface area contributed by atoms with Crippen LogP contribution in [0.3, 0.4) is 0 Å². The van der Waals surface area contributed by atoms with Crippen molar-refractivity contribution >= 4 is 21.6 Å². The summed E-state index contributed by atoms with van der Waals surface area (Å²) in [6.07, 6.45) is 2.46. The van der Waals surface area contributed by atoms with Crippen molar-refractivity contribution in [3.63, 3.8) is 0 Å². The maximum absolute atomic E-state index is 14.0. The van der Waals surface area contributed by atoms with Crippen LogP contribution >= 0.6 is 11.6 Å². The molecule has 1 fully saturated rings. The molecule has 0 saturated carbocycles. The molecule has 0 radical (unpaired) electrons. The lowest BCUT2D eigenvalue weighted by atomic mass is 10.2. The van der Waals surface area contributed by atoms with Crippen LogP contribution in [-0.2, 0) is 21.4 Å². The Morgan fingerprint density at radius 3 is 2.86 bits per heavy atom. The minimum atomic E-state index is -4.01. The van der Waals surface area contributed by atoms with Gasteiger partial charge >= 0.3 is 0 Å². The number of ether oxygens (including phenoxy) is 1. The van der Waals surface area contributed by atoms with E-state index in [2.05, 4.69) is 4.72 Å². The second-order valence-electron chi connectivity index (χ2n) is 4.86. The molecule has 0 aliphatic carbocycles. The summed E-state index contributed by atoms with van der Waals surface area (Å²) >= 11 is 5.75. The van der Waals surface area contributed by atoms with Crippen molar-refractivity contribution < 1.29 is 22.7 Å². The molecule has 118 valence electrons. The molecule has 0 bridgehead atoms. The number of aliphatic hydroxyl groups is 1. The van der Waals surface area contributed by atoms with Crippen molar-refractivity contribution in [2.24, 2.45) is 0 Å². The molecule has 2 N–H and O–H groups in total. The Labute approximate surface area is 128 Å². The van der Waals surface area contributed by atoms with Crippen LogP contribution in [0.2, 0.25) is 5.02 Å². The normalized spacial score (nSPS) is 19.1. The summed E-state index contributed by atoms with van der Waals surface area (Å²) in [7, 11) is -4.01. The monoisotopic (exact) mass is 337 g/mol. The Kier molecular flexibility index (Phi) is 5.56. The first-order valence-electron chi connectivity index (χ1n) is 6.64. The van der Waals surface area contributed by atoms with Crippen molar-refractivity contribution in [3.05, 3.63) is 28.5 Å². The predicted molar refractivity (Wildman–Crippen MR) is 76.1 cm³/mol. The van der Waals surface area contributed by atoms with E-state index in [1.807, 2.05) is 0 Å². The highest BCUT2D eigenvalue weighted by molar-refractivity contribution is 7.89. The molecular formula is C13H17ClFNO4S. The highest BCUT2D eigenvalue weighted by Crippen LogP contribution is 2.24. The fourth-order valence-corrected chi connectivity index (χ4v) is 3.73. The third-order valence-electron chi connectivity index (χ3n) is 3.32. The number of sulfonamides is 1. The second kappa shape index (κ2) is 7.02. The molecule has 0 aromatic heterocycles. The van der Waals surface area contributed by atoms with Gasteiger partial charge in [0.1, 0.15) is 10.7 Å². The van der Waals surface area contributed by atoms with Gasteiger partial charge in [-0.05, 0) is 31.4 Å². The molecule has 5 nitrogen and oxygen atoms in total. The number of nitrogens with one attached hydrogen (secondary N) is 1. The van der Waals surface area contributed by atoms with Crippen molar-refractivity contribution in [3.8, 4) is 0 Å². The third-order valence-corrected chi connectivity index (χ3v) is 5.00. The Balaban J connectivity index is 2.09. The highest BCUT2D eigenvalue weighted by Gasteiger charge is 2.23. The maximum atomic E-state index is 14.0. The Morgan fingerprint density at radius 1 is 1.48 bits per heavy atom. The number of halogens is 2. The maximum Gasteiger partial charge on any atom is 0.243 e. The predicted octanol–water partition coefficient (Wildman–Crippen LogP) is 1.82.